The average molecular weight is 514 g/mol. The zero-order valence-corrected chi connectivity index (χ0v) is 20.6. The molecule has 0 aliphatic heterocycles. The van der Waals surface area contributed by atoms with Gasteiger partial charge in [0.2, 0.25) is 10.0 Å². The lowest BCUT2D eigenvalue weighted by Crippen LogP contribution is -2.39. The second-order valence-electron chi connectivity index (χ2n) is 7.42. The van der Waals surface area contributed by atoms with Crippen molar-refractivity contribution in [3.63, 3.8) is 0 Å². The van der Waals surface area contributed by atoms with Crippen LogP contribution in [-0.4, -0.2) is 32.2 Å². The highest BCUT2D eigenvalue weighted by Crippen LogP contribution is 2.26. The third-order valence-electron chi connectivity index (χ3n) is 5.31. The lowest BCUT2D eigenvalue weighted by Gasteiger charge is -2.29. The molecule has 0 unspecified atom stereocenters. The van der Waals surface area contributed by atoms with Crippen LogP contribution in [-0.2, 0) is 23.1 Å². The molecule has 0 spiro atoms. The summed E-state index contributed by atoms with van der Waals surface area (Å²) in [5.41, 5.74) is 1.70. The first-order chi connectivity index (χ1) is 14.7. The van der Waals surface area contributed by atoms with E-state index in [4.69, 9.17) is 9.47 Å². The van der Waals surface area contributed by atoms with Crippen LogP contribution in [0.5, 0.6) is 11.5 Å². The van der Waals surface area contributed by atoms with Gasteiger partial charge < -0.3 is 9.47 Å². The number of nitrogens with zero attached hydrogens (tertiary/aromatic N) is 1. The first-order valence-electron chi connectivity index (χ1n) is 9.93. The number of benzene rings is 2. The van der Waals surface area contributed by atoms with Gasteiger partial charge >= 0.3 is 0 Å². The number of hydrogen-bond acceptors (Lipinski definition) is 4. The number of hydrogen-bond donors (Lipinski definition) is 0. The Morgan fingerprint density at radius 3 is 1.74 bits per heavy atom. The molecule has 0 aliphatic rings. The minimum absolute atomic E-state index is 0.220. The van der Waals surface area contributed by atoms with E-state index in [0.29, 0.717) is 17.9 Å². The molecule has 0 aliphatic carbocycles. The van der Waals surface area contributed by atoms with Crippen LogP contribution in [0, 0.1) is 5.92 Å². The van der Waals surface area contributed by atoms with Crippen LogP contribution in [0.2, 0.25) is 0 Å². The standard InChI is InChI=1S/C23H29BrFNO4S/c1-17(5-14-23(24)25)18(2)31(27,28)26(15-19-6-10-21(29-3)11-7-19)16-20-8-12-22(30-4)13-9-20/h6-14,17-18H,5,15-16H2,1-4H3/b23-14-/t17-,18+/m0/s1. The quantitative estimate of drug-likeness (QED) is 0.389. The molecule has 0 fully saturated rings. The van der Waals surface area contributed by atoms with Crippen molar-refractivity contribution in [3.8, 4) is 11.5 Å². The second kappa shape index (κ2) is 11.6. The summed E-state index contributed by atoms with van der Waals surface area (Å²) >= 11 is 2.76. The van der Waals surface area contributed by atoms with E-state index in [-0.39, 0.29) is 19.0 Å². The largest absolute Gasteiger partial charge is 0.497 e. The third kappa shape index (κ3) is 7.33. The third-order valence-corrected chi connectivity index (χ3v) is 8.02. The molecule has 2 aromatic rings. The molecular formula is C23H29BrFNO4S. The first-order valence-corrected chi connectivity index (χ1v) is 12.2. The van der Waals surface area contributed by atoms with Gasteiger partial charge in [-0.15, -0.1) is 0 Å². The van der Waals surface area contributed by atoms with Crippen molar-refractivity contribution in [1.29, 1.82) is 0 Å². The molecule has 0 saturated carbocycles. The lowest BCUT2D eigenvalue weighted by atomic mass is 10.1. The topological polar surface area (TPSA) is 55.8 Å². The fourth-order valence-electron chi connectivity index (χ4n) is 3.10. The summed E-state index contributed by atoms with van der Waals surface area (Å²) in [6, 6.07) is 14.6. The highest BCUT2D eigenvalue weighted by molar-refractivity contribution is 9.11. The van der Waals surface area contributed by atoms with Crippen LogP contribution in [0.25, 0.3) is 0 Å². The molecule has 0 amide bonds. The normalized spacial score (nSPS) is 14.4. The Morgan fingerprint density at radius 1 is 0.968 bits per heavy atom. The summed E-state index contributed by atoms with van der Waals surface area (Å²) in [7, 11) is -0.500. The molecule has 0 saturated heterocycles. The molecule has 2 atom stereocenters. The first kappa shape index (κ1) is 25.4. The Labute approximate surface area is 193 Å². The molecular weight excluding hydrogens is 485 g/mol. The fraction of sp³-hybridized carbons (Fsp3) is 0.391. The minimum Gasteiger partial charge on any atom is -0.497 e. The van der Waals surface area contributed by atoms with Gasteiger partial charge in [-0.1, -0.05) is 31.2 Å². The maximum atomic E-state index is 13.5. The van der Waals surface area contributed by atoms with E-state index < -0.39 is 20.0 Å². The fourth-order valence-corrected chi connectivity index (χ4v) is 5.11. The monoisotopic (exact) mass is 513 g/mol. The second-order valence-corrected chi connectivity index (χ2v) is 10.5. The molecule has 0 radical (unpaired) electrons. The lowest BCUT2D eigenvalue weighted by molar-refractivity contribution is 0.381. The van der Waals surface area contributed by atoms with E-state index in [0.717, 1.165) is 11.1 Å². The van der Waals surface area contributed by atoms with Crippen molar-refractivity contribution in [2.45, 2.75) is 38.6 Å². The molecule has 170 valence electrons. The average Bonchev–Trinajstić information content (AvgIpc) is 2.77. The van der Waals surface area contributed by atoms with E-state index in [9.17, 15) is 12.8 Å². The molecule has 0 bridgehead atoms. The Bertz CT molecular complexity index is 909. The number of halogens is 2. The van der Waals surface area contributed by atoms with Gasteiger partial charge in [0, 0.05) is 13.1 Å². The van der Waals surface area contributed by atoms with E-state index in [1.807, 2.05) is 55.5 Å². The highest BCUT2D eigenvalue weighted by atomic mass is 79.9. The summed E-state index contributed by atoms with van der Waals surface area (Å²) in [6.07, 6.45) is 1.67. The van der Waals surface area contributed by atoms with E-state index in [1.54, 1.807) is 21.1 Å². The van der Waals surface area contributed by atoms with Gasteiger partial charge in [-0.25, -0.2) is 8.42 Å². The van der Waals surface area contributed by atoms with Crippen molar-refractivity contribution < 1.29 is 22.3 Å². The SMILES string of the molecule is COc1ccc(CN(Cc2ccc(OC)cc2)S(=O)(=O)[C@H](C)[C@@H](C)C/C=C(\F)Br)cc1. The molecule has 8 heteroatoms. The zero-order valence-electron chi connectivity index (χ0n) is 18.2. The van der Waals surface area contributed by atoms with Crippen molar-refractivity contribution in [2.24, 2.45) is 5.92 Å². The number of sulfonamides is 1. The van der Waals surface area contributed by atoms with Crippen LogP contribution >= 0.6 is 15.9 Å². The molecule has 0 heterocycles. The molecule has 5 nitrogen and oxygen atoms in total. The summed E-state index contributed by atoms with van der Waals surface area (Å²) in [4.78, 5) is 0. The number of ether oxygens (including phenoxy) is 2. The van der Waals surface area contributed by atoms with Gasteiger partial charge in [0.25, 0.3) is 0 Å². The maximum Gasteiger partial charge on any atom is 0.217 e. The van der Waals surface area contributed by atoms with Crippen molar-refractivity contribution in [2.75, 3.05) is 14.2 Å². The van der Waals surface area contributed by atoms with Crippen LogP contribution in [0.3, 0.4) is 0 Å². The van der Waals surface area contributed by atoms with Gasteiger partial charge in [-0.2, -0.15) is 8.70 Å². The predicted octanol–water partition coefficient (Wildman–Crippen LogP) is 5.66. The van der Waals surface area contributed by atoms with Crippen molar-refractivity contribution in [3.05, 3.63) is 70.5 Å². The molecule has 0 aromatic heterocycles. The minimum atomic E-state index is -3.67. The van der Waals surface area contributed by atoms with Crippen LogP contribution in [0.1, 0.15) is 31.4 Å². The molecule has 0 N–H and O–H groups in total. The highest BCUT2D eigenvalue weighted by Gasteiger charge is 2.32. The number of rotatable bonds is 11. The van der Waals surface area contributed by atoms with E-state index >= 15 is 0 Å². The van der Waals surface area contributed by atoms with E-state index in [2.05, 4.69) is 15.9 Å². The summed E-state index contributed by atoms with van der Waals surface area (Å²) in [6.45, 7) is 3.93. The van der Waals surface area contributed by atoms with Gasteiger partial charge in [0.1, 0.15) is 11.5 Å². The van der Waals surface area contributed by atoms with Gasteiger partial charge in [0.15, 0.2) is 4.74 Å². The zero-order chi connectivity index (χ0) is 23.0. The van der Waals surface area contributed by atoms with Crippen LogP contribution < -0.4 is 9.47 Å². The van der Waals surface area contributed by atoms with Gasteiger partial charge in [0.05, 0.1) is 19.5 Å². The summed E-state index contributed by atoms with van der Waals surface area (Å²) in [5, 5.41) is -0.688. The van der Waals surface area contributed by atoms with Crippen molar-refractivity contribution in [1.82, 2.24) is 4.31 Å². The number of methoxy groups -OCH3 is 2. The molecule has 2 aromatic carbocycles. The van der Waals surface area contributed by atoms with E-state index in [1.165, 1.54) is 10.4 Å². The Balaban J connectivity index is 2.32. The summed E-state index contributed by atoms with van der Waals surface area (Å²) < 4.78 is 51.5. The predicted molar refractivity (Wildman–Crippen MR) is 126 cm³/mol. The van der Waals surface area contributed by atoms with Gasteiger partial charge in [-0.05, 0) is 76.7 Å². The number of allylic oxidation sites excluding steroid dienone is 1. The Kier molecular flexibility index (Phi) is 9.53. The van der Waals surface area contributed by atoms with Crippen molar-refractivity contribution >= 4 is 26.0 Å². The Morgan fingerprint density at radius 2 is 1.39 bits per heavy atom. The smallest absolute Gasteiger partial charge is 0.217 e. The van der Waals surface area contributed by atoms with Crippen LogP contribution in [0.15, 0.2) is 59.3 Å². The maximum absolute atomic E-state index is 13.5. The van der Waals surface area contributed by atoms with Crippen LogP contribution in [0.4, 0.5) is 4.39 Å². The molecule has 31 heavy (non-hydrogen) atoms. The summed E-state index contributed by atoms with van der Waals surface area (Å²) in [5.74, 6) is 1.15. The van der Waals surface area contributed by atoms with Gasteiger partial charge in [-0.3, -0.25) is 0 Å². The Hall–Kier alpha value is -1.90. The molecule has 2 rings (SSSR count).